The number of nitrogens with two attached hydrogens (primary N) is 1. The zero-order chi connectivity index (χ0) is 13.1. The predicted molar refractivity (Wildman–Crippen MR) is 59.8 cm³/mol. The Balaban J connectivity index is 2.68. The van der Waals surface area contributed by atoms with Crippen molar-refractivity contribution in [2.75, 3.05) is 6.61 Å². The summed E-state index contributed by atoms with van der Waals surface area (Å²) in [6.07, 6.45) is -4.42. The van der Waals surface area contributed by atoms with Crippen LogP contribution < -0.4 is 10.5 Å². The monoisotopic (exact) mass is 247 g/mol. The van der Waals surface area contributed by atoms with E-state index in [0.717, 1.165) is 0 Å². The van der Waals surface area contributed by atoms with E-state index in [-0.39, 0.29) is 5.56 Å². The van der Waals surface area contributed by atoms with E-state index in [9.17, 15) is 13.2 Å². The SMILES string of the molecule is CC(C)COc1ccc([C@@H](N)C(F)(F)F)cc1. The van der Waals surface area contributed by atoms with E-state index in [1.165, 1.54) is 24.3 Å². The zero-order valence-corrected chi connectivity index (χ0v) is 9.79. The van der Waals surface area contributed by atoms with Gasteiger partial charge in [0.1, 0.15) is 11.8 Å². The average molecular weight is 247 g/mol. The fourth-order valence-corrected chi connectivity index (χ4v) is 1.22. The van der Waals surface area contributed by atoms with Crippen LogP contribution in [0.15, 0.2) is 24.3 Å². The minimum atomic E-state index is -4.42. The smallest absolute Gasteiger partial charge is 0.407 e. The van der Waals surface area contributed by atoms with Gasteiger partial charge in [0.05, 0.1) is 6.61 Å². The quantitative estimate of drug-likeness (QED) is 0.886. The standard InChI is InChI=1S/C12H16F3NO/c1-8(2)7-17-10-5-3-9(4-6-10)11(16)12(13,14)15/h3-6,8,11H,7,16H2,1-2H3/t11-/m1/s1. The van der Waals surface area contributed by atoms with Crippen molar-refractivity contribution in [3.8, 4) is 5.75 Å². The molecule has 5 heteroatoms. The van der Waals surface area contributed by atoms with Gasteiger partial charge in [-0.1, -0.05) is 26.0 Å². The Morgan fingerprint density at radius 3 is 2.12 bits per heavy atom. The molecular weight excluding hydrogens is 231 g/mol. The van der Waals surface area contributed by atoms with Crippen LogP contribution in [0.25, 0.3) is 0 Å². The molecule has 0 aromatic heterocycles. The van der Waals surface area contributed by atoms with Crippen LogP contribution in [0, 0.1) is 5.92 Å². The van der Waals surface area contributed by atoms with Crippen molar-refractivity contribution in [3.05, 3.63) is 29.8 Å². The van der Waals surface area contributed by atoms with Gasteiger partial charge in [-0.05, 0) is 23.6 Å². The Kier molecular flexibility index (Phi) is 4.40. The molecule has 1 rings (SSSR count). The number of alkyl halides is 3. The lowest BCUT2D eigenvalue weighted by atomic mass is 10.1. The van der Waals surface area contributed by atoms with Gasteiger partial charge in [0.25, 0.3) is 0 Å². The molecule has 1 aromatic rings. The van der Waals surface area contributed by atoms with Crippen LogP contribution in [0.4, 0.5) is 13.2 Å². The van der Waals surface area contributed by atoms with Crippen LogP contribution in [0.5, 0.6) is 5.75 Å². The summed E-state index contributed by atoms with van der Waals surface area (Å²) >= 11 is 0. The maximum absolute atomic E-state index is 12.3. The van der Waals surface area contributed by atoms with Crippen molar-refractivity contribution < 1.29 is 17.9 Å². The van der Waals surface area contributed by atoms with Gasteiger partial charge < -0.3 is 10.5 Å². The number of hydrogen-bond acceptors (Lipinski definition) is 2. The summed E-state index contributed by atoms with van der Waals surface area (Å²) in [5.74, 6) is 0.920. The summed E-state index contributed by atoms with van der Waals surface area (Å²) in [5, 5.41) is 0. The van der Waals surface area contributed by atoms with Gasteiger partial charge in [-0.2, -0.15) is 13.2 Å². The van der Waals surface area contributed by atoms with Crippen LogP contribution in [0.2, 0.25) is 0 Å². The molecule has 0 fully saturated rings. The third kappa shape index (κ3) is 4.26. The minimum Gasteiger partial charge on any atom is -0.493 e. The Bertz CT molecular complexity index is 346. The molecule has 96 valence electrons. The van der Waals surface area contributed by atoms with E-state index in [1.54, 1.807) is 0 Å². The lowest BCUT2D eigenvalue weighted by molar-refractivity contribution is -0.149. The molecule has 17 heavy (non-hydrogen) atoms. The molecule has 0 bridgehead atoms. The highest BCUT2D eigenvalue weighted by Crippen LogP contribution is 2.31. The lowest BCUT2D eigenvalue weighted by Gasteiger charge is -2.16. The number of rotatable bonds is 4. The second-order valence-electron chi connectivity index (χ2n) is 4.29. The van der Waals surface area contributed by atoms with Gasteiger partial charge in [-0.15, -0.1) is 0 Å². The van der Waals surface area contributed by atoms with Crippen molar-refractivity contribution in [2.24, 2.45) is 11.7 Å². The molecule has 1 aromatic carbocycles. The van der Waals surface area contributed by atoms with Crippen molar-refractivity contribution in [2.45, 2.75) is 26.1 Å². The lowest BCUT2D eigenvalue weighted by Crippen LogP contribution is -2.28. The van der Waals surface area contributed by atoms with Gasteiger partial charge in [-0.3, -0.25) is 0 Å². The first-order valence-electron chi connectivity index (χ1n) is 5.35. The first-order chi connectivity index (χ1) is 7.80. The zero-order valence-electron chi connectivity index (χ0n) is 9.79. The van der Waals surface area contributed by atoms with Crippen LogP contribution in [-0.2, 0) is 0 Å². The number of ether oxygens (including phenoxy) is 1. The van der Waals surface area contributed by atoms with Crippen LogP contribution >= 0.6 is 0 Å². The Morgan fingerprint density at radius 2 is 1.71 bits per heavy atom. The van der Waals surface area contributed by atoms with Crippen molar-refractivity contribution in [1.82, 2.24) is 0 Å². The topological polar surface area (TPSA) is 35.2 Å². The largest absolute Gasteiger partial charge is 0.493 e. The average Bonchev–Trinajstić information content (AvgIpc) is 2.25. The Labute approximate surface area is 98.6 Å². The maximum Gasteiger partial charge on any atom is 0.407 e. The van der Waals surface area contributed by atoms with Gasteiger partial charge in [-0.25, -0.2) is 0 Å². The Hall–Kier alpha value is -1.23. The third-order valence-corrected chi connectivity index (χ3v) is 2.18. The summed E-state index contributed by atoms with van der Waals surface area (Å²) in [7, 11) is 0. The van der Waals surface area contributed by atoms with Crippen molar-refractivity contribution in [1.29, 1.82) is 0 Å². The first-order valence-corrected chi connectivity index (χ1v) is 5.35. The summed E-state index contributed by atoms with van der Waals surface area (Å²) in [4.78, 5) is 0. The fourth-order valence-electron chi connectivity index (χ4n) is 1.22. The summed E-state index contributed by atoms with van der Waals surface area (Å²) in [5.41, 5.74) is 5.11. The predicted octanol–water partition coefficient (Wildman–Crippen LogP) is 3.28. The Morgan fingerprint density at radius 1 is 1.18 bits per heavy atom. The summed E-state index contributed by atoms with van der Waals surface area (Å²) in [6, 6.07) is 3.75. The molecule has 0 aliphatic heterocycles. The molecule has 0 spiro atoms. The van der Waals surface area contributed by atoms with Gasteiger partial charge >= 0.3 is 6.18 Å². The molecule has 0 unspecified atom stereocenters. The van der Waals surface area contributed by atoms with Gasteiger partial charge in [0.2, 0.25) is 0 Å². The molecule has 0 aliphatic rings. The van der Waals surface area contributed by atoms with E-state index in [1.807, 2.05) is 13.8 Å². The highest BCUT2D eigenvalue weighted by atomic mass is 19.4. The van der Waals surface area contributed by atoms with Crippen molar-refractivity contribution in [3.63, 3.8) is 0 Å². The molecule has 0 saturated carbocycles. The maximum atomic E-state index is 12.3. The van der Waals surface area contributed by atoms with E-state index in [2.05, 4.69) is 0 Å². The molecular formula is C12H16F3NO. The number of benzene rings is 1. The summed E-state index contributed by atoms with van der Waals surface area (Å²) in [6.45, 7) is 4.52. The highest BCUT2D eigenvalue weighted by Gasteiger charge is 2.37. The molecule has 0 heterocycles. The van der Waals surface area contributed by atoms with Crippen LogP contribution in [0.1, 0.15) is 25.5 Å². The molecule has 0 aliphatic carbocycles. The fraction of sp³-hybridized carbons (Fsp3) is 0.500. The van der Waals surface area contributed by atoms with Crippen LogP contribution in [0.3, 0.4) is 0 Å². The molecule has 2 N–H and O–H groups in total. The van der Waals surface area contributed by atoms with E-state index in [4.69, 9.17) is 10.5 Å². The molecule has 2 nitrogen and oxygen atoms in total. The van der Waals surface area contributed by atoms with Crippen LogP contribution in [-0.4, -0.2) is 12.8 Å². The normalized spacial score (nSPS) is 13.8. The molecule has 0 amide bonds. The molecule has 0 radical (unpaired) electrons. The molecule has 0 saturated heterocycles. The highest BCUT2D eigenvalue weighted by molar-refractivity contribution is 5.29. The minimum absolute atomic E-state index is 0.0365. The van der Waals surface area contributed by atoms with Gasteiger partial charge in [0.15, 0.2) is 0 Å². The summed E-state index contributed by atoms with van der Waals surface area (Å²) < 4.78 is 42.4. The first kappa shape index (κ1) is 13.8. The van der Waals surface area contributed by atoms with E-state index >= 15 is 0 Å². The second kappa shape index (κ2) is 5.40. The number of halogens is 3. The third-order valence-electron chi connectivity index (χ3n) is 2.18. The second-order valence-corrected chi connectivity index (χ2v) is 4.29. The van der Waals surface area contributed by atoms with E-state index < -0.39 is 12.2 Å². The van der Waals surface area contributed by atoms with Gasteiger partial charge in [0, 0.05) is 0 Å². The van der Waals surface area contributed by atoms with Crippen molar-refractivity contribution >= 4 is 0 Å². The molecule has 1 atom stereocenters. The number of hydrogen-bond donors (Lipinski definition) is 1. The van der Waals surface area contributed by atoms with E-state index in [0.29, 0.717) is 18.3 Å².